The molecule has 0 aliphatic carbocycles. The van der Waals surface area contributed by atoms with Gasteiger partial charge in [0.15, 0.2) is 0 Å². The molecule has 0 rings (SSSR count). The highest BCUT2D eigenvalue weighted by Gasteiger charge is 2.17. The first-order chi connectivity index (χ1) is 6.93. The molecule has 0 bridgehead atoms. The molecular weight excluding hydrogens is 214 g/mol. The second-order valence-corrected chi connectivity index (χ2v) is 5.00. The summed E-state index contributed by atoms with van der Waals surface area (Å²) in [5, 5.41) is 11.2. The van der Waals surface area contributed by atoms with Crippen LogP contribution in [0.5, 0.6) is 0 Å². The highest BCUT2D eigenvalue weighted by molar-refractivity contribution is 7.99. The van der Waals surface area contributed by atoms with E-state index in [2.05, 4.69) is 19.2 Å². The van der Waals surface area contributed by atoms with Gasteiger partial charge >= 0.3 is 5.97 Å². The maximum atomic E-state index is 10.7. The van der Waals surface area contributed by atoms with E-state index in [0.717, 1.165) is 11.5 Å². The van der Waals surface area contributed by atoms with Gasteiger partial charge in [-0.15, -0.1) is 0 Å². The first-order valence-corrected chi connectivity index (χ1v) is 6.16. The van der Waals surface area contributed by atoms with Gasteiger partial charge in [-0.1, -0.05) is 13.8 Å². The summed E-state index contributed by atoms with van der Waals surface area (Å²) in [6.07, 6.45) is 0.478. The van der Waals surface area contributed by atoms with Crippen molar-refractivity contribution in [2.75, 3.05) is 11.5 Å². The first kappa shape index (κ1) is 14.3. The lowest BCUT2D eigenvalue weighted by Gasteiger charge is -2.13. The summed E-state index contributed by atoms with van der Waals surface area (Å²) in [4.78, 5) is 21.5. The normalized spacial score (nSPS) is 12.5. The van der Waals surface area contributed by atoms with Gasteiger partial charge in [0.1, 0.15) is 6.04 Å². The molecule has 0 radical (unpaired) electrons. The average molecular weight is 233 g/mol. The van der Waals surface area contributed by atoms with E-state index < -0.39 is 12.0 Å². The molecule has 0 spiro atoms. The van der Waals surface area contributed by atoms with Crippen molar-refractivity contribution in [3.05, 3.63) is 0 Å². The Morgan fingerprint density at radius 2 is 2.00 bits per heavy atom. The third-order valence-corrected chi connectivity index (χ3v) is 3.10. The van der Waals surface area contributed by atoms with E-state index in [1.807, 2.05) is 0 Å². The van der Waals surface area contributed by atoms with Gasteiger partial charge in [-0.3, -0.25) is 4.79 Å². The molecular formula is C10H19NO3S. The minimum Gasteiger partial charge on any atom is -0.480 e. The van der Waals surface area contributed by atoms with Crippen molar-refractivity contribution >= 4 is 23.6 Å². The Bertz CT molecular complexity index is 219. The van der Waals surface area contributed by atoms with Gasteiger partial charge in [0.05, 0.1) is 0 Å². The van der Waals surface area contributed by atoms with Crippen LogP contribution in [0.3, 0.4) is 0 Å². The van der Waals surface area contributed by atoms with E-state index in [1.54, 1.807) is 11.8 Å². The van der Waals surface area contributed by atoms with Crippen molar-refractivity contribution in [2.24, 2.45) is 5.92 Å². The fraction of sp³-hybridized carbons (Fsp3) is 0.800. The van der Waals surface area contributed by atoms with Crippen LogP contribution in [0, 0.1) is 5.92 Å². The lowest BCUT2D eigenvalue weighted by molar-refractivity contribution is -0.141. The predicted octanol–water partition coefficient (Wildman–Crippen LogP) is 1.36. The van der Waals surface area contributed by atoms with Crippen LogP contribution in [0.2, 0.25) is 0 Å². The summed E-state index contributed by atoms with van der Waals surface area (Å²) < 4.78 is 0. The topological polar surface area (TPSA) is 66.4 Å². The number of nitrogens with one attached hydrogen (secondary N) is 1. The molecule has 1 atom stereocenters. The second-order valence-electron chi connectivity index (χ2n) is 3.85. The molecule has 2 N–H and O–H groups in total. The Balaban J connectivity index is 3.77. The number of hydrogen-bond donors (Lipinski definition) is 2. The first-order valence-electron chi connectivity index (χ1n) is 5.01. The monoisotopic (exact) mass is 233 g/mol. The van der Waals surface area contributed by atoms with E-state index in [0.29, 0.717) is 12.3 Å². The standard InChI is InChI=1S/C10H19NO3S/c1-7(2)6-15-5-4-9(10(13)14)11-8(3)12/h7,9H,4-6H2,1-3H3,(H,11,12)(H,13,14). The summed E-state index contributed by atoms with van der Waals surface area (Å²) >= 11 is 1.72. The SMILES string of the molecule is CC(=O)NC(CCSCC(C)C)C(=O)O. The Hall–Kier alpha value is -0.710. The molecule has 0 aromatic heterocycles. The van der Waals surface area contributed by atoms with Crippen LogP contribution in [0.25, 0.3) is 0 Å². The third-order valence-electron chi connectivity index (χ3n) is 1.68. The molecule has 0 aromatic rings. The third kappa shape index (κ3) is 8.30. The van der Waals surface area contributed by atoms with E-state index in [9.17, 15) is 9.59 Å². The number of carbonyl (C=O) groups excluding carboxylic acids is 1. The highest BCUT2D eigenvalue weighted by Crippen LogP contribution is 2.10. The van der Waals surface area contributed by atoms with Gasteiger partial charge in [-0.2, -0.15) is 11.8 Å². The smallest absolute Gasteiger partial charge is 0.326 e. The second kappa shape index (κ2) is 7.56. The van der Waals surface area contributed by atoms with Gasteiger partial charge in [-0.25, -0.2) is 4.79 Å². The molecule has 0 aromatic carbocycles. The van der Waals surface area contributed by atoms with Crippen LogP contribution in [0.1, 0.15) is 27.2 Å². The molecule has 1 unspecified atom stereocenters. The number of hydrogen-bond acceptors (Lipinski definition) is 3. The lowest BCUT2D eigenvalue weighted by atomic mass is 10.2. The minimum atomic E-state index is -0.963. The fourth-order valence-electron chi connectivity index (χ4n) is 1.02. The van der Waals surface area contributed by atoms with Gasteiger partial charge in [0.2, 0.25) is 5.91 Å². The molecule has 15 heavy (non-hydrogen) atoms. The average Bonchev–Trinajstić information content (AvgIpc) is 2.08. The zero-order valence-electron chi connectivity index (χ0n) is 9.45. The maximum absolute atomic E-state index is 10.7. The van der Waals surface area contributed by atoms with Gasteiger partial charge in [0.25, 0.3) is 0 Å². The summed E-state index contributed by atoms with van der Waals surface area (Å²) in [6.45, 7) is 5.57. The summed E-state index contributed by atoms with van der Waals surface area (Å²) in [5.74, 6) is 1.13. The van der Waals surface area contributed by atoms with E-state index in [1.165, 1.54) is 6.92 Å². The fourth-order valence-corrected chi connectivity index (χ4v) is 2.06. The van der Waals surface area contributed by atoms with Crippen molar-refractivity contribution in [3.63, 3.8) is 0 Å². The predicted molar refractivity (Wildman–Crippen MR) is 62.0 cm³/mol. The molecule has 1 amide bonds. The number of amides is 1. The molecule has 88 valence electrons. The molecule has 0 fully saturated rings. The van der Waals surface area contributed by atoms with Crippen LogP contribution in [0.15, 0.2) is 0 Å². The number of aliphatic carboxylic acids is 1. The Kier molecular flexibility index (Phi) is 7.21. The molecule has 0 heterocycles. The van der Waals surface area contributed by atoms with E-state index >= 15 is 0 Å². The van der Waals surface area contributed by atoms with Crippen LogP contribution >= 0.6 is 11.8 Å². The maximum Gasteiger partial charge on any atom is 0.326 e. The molecule has 4 nitrogen and oxygen atoms in total. The van der Waals surface area contributed by atoms with Crippen molar-refractivity contribution in [2.45, 2.75) is 33.2 Å². The van der Waals surface area contributed by atoms with E-state index in [4.69, 9.17) is 5.11 Å². The minimum absolute atomic E-state index is 0.295. The molecule has 0 aliphatic heterocycles. The lowest BCUT2D eigenvalue weighted by Crippen LogP contribution is -2.39. The molecule has 0 saturated carbocycles. The van der Waals surface area contributed by atoms with Crippen molar-refractivity contribution < 1.29 is 14.7 Å². The van der Waals surface area contributed by atoms with Crippen LogP contribution in [-0.4, -0.2) is 34.5 Å². The number of carboxylic acids is 1. The quantitative estimate of drug-likeness (QED) is 0.651. The summed E-state index contributed by atoms with van der Waals surface area (Å²) in [7, 11) is 0. The van der Waals surface area contributed by atoms with Gasteiger partial charge < -0.3 is 10.4 Å². The number of rotatable bonds is 7. The van der Waals surface area contributed by atoms with Crippen molar-refractivity contribution in [1.82, 2.24) is 5.32 Å². The Labute approximate surface area is 94.8 Å². The van der Waals surface area contributed by atoms with Gasteiger partial charge in [-0.05, 0) is 23.8 Å². The highest BCUT2D eigenvalue weighted by atomic mass is 32.2. The molecule has 0 aliphatic rings. The zero-order valence-corrected chi connectivity index (χ0v) is 10.3. The zero-order chi connectivity index (χ0) is 11.8. The van der Waals surface area contributed by atoms with Crippen LogP contribution in [0.4, 0.5) is 0 Å². The van der Waals surface area contributed by atoms with Crippen molar-refractivity contribution in [1.29, 1.82) is 0 Å². The van der Waals surface area contributed by atoms with Crippen LogP contribution in [-0.2, 0) is 9.59 Å². The molecule has 5 heteroatoms. The van der Waals surface area contributed by atoms with Gasteiger partial charge in [0, 0.05) is 6.92 Å². The summed E-state index contributed by atoms with van der Waals surface area (Å²) in [6, 6.07) is -0.748. The van der Waals surface area contributed by atoms with Crippen LogP contribution < -0.4 is 5.32 Å². The largest absolute Gasteiger partial charge is 0.480 e. The Morgan fingerprint density at radius 1 is 1.40 bits per heavy atom. The molecule has 0 saturated heterocycles. The van der Waals surface area contributed by atoms with E-state index in [-0.39, 0.29) is 5.91 Å². The Morgan fingerprint density at radius 3 is 2.40 bits per heavy atom. The number of carboxylic acid groups (broad SMARTS) is 1. The van der Waals surface area contributed by atoms with Crippen molar-refractivity contribution in [3.8, 4) is 0 Å². The number of thioether (sulfide) groups is 1. The summed E-state index contributed by atoms with van der Waals surface area (Å²) in [5.41, 5.74) is 0. The number of carbonyl (C=O) groups is 2.